The van der Waals surface area contributed by atoms with E-state index >= 15 is 0 Å². The Morgan fingerprint density at radius 1 is 1.38 bits per heavy atom. The normalized spacial score (nSPS) is 20.4. The Morgan fingerprint density at radius 3 is 2.62 bits per heavy atom. The Balaban J connectivity index is 2.70. The highest BCUT2D eigenvalue weighted by Gasteiger charge is 2.27. The van der Waals surface area contributed by atoms with Crippen LogP contribution in [0.25, 0.3) is 0 Å². The predicted molar refractivity (Wildman–Crippen MR) is 61.0 cm³/mol. The highest BCUT2D eigenvalue weighted by atomic mass is 16.4. The zero-order valence-corrected chi connectivity index (χ0v) is 9.90. The molecule has 0 spiro atoms. The van der Waals surface area contributed by atoms with Crippen LogP contribution in [0.4, 0.5) is 0 Å². The van der Waals surface area contributed by atoms with Gasteiger partial charge in [0.15, 0.2) is 0 Å². The van der Waals surface area contributed by atoms with Gasteiger partial charge in [0.2, 0.25) is 5.91 Å². The average molecular weight is 225 g/mol. The van der Waals surface area contributed by atoms with Crippen molar-refractivity contribution in [2.45, 2.75) is 45.6 Å². The van der Waals surface area contributed by atoms with E-state index < -0.39 is 5.97 Å². The summed E-state index contributed by atoms with van der Waals surface area (Å²) in [6.07, 6.45) is 4.42. The first-order valence-corrected chi connectivity index (χ1v) is 5.68. The summed E-state index contributed by atoms with van der Waals surface area (Å²) >= 11 is 0. The first-order valence-electron chi connectivity index (χ1n) is 5.68. The zero-order valence-electron chi connectivity index (χ0n) is 9.90. The summed E-state index contributed by atoms with van der Waals surface area (Å²) in [5.74, 6) is -0.882. The maximum Gasteiger partial charge on any atom is 0.305 e. The van der Waals surface area contributed by atoms with E-state index in [1.54, 1.807) is 11.0 Å². The molecule has 0 aromatic heterocycles. The molecule has 1 saturated heterocycles. The van der Waals surface area contributed by atoms with Crippen molar-refractivity contribution in [3.05, 3.63) is 11.6 Å². The minimum Gasteiger partial charge on any atom is -0.481 e. The monoisotopic (exact) mass is 225 g/mol. The van der Waals surface area contributed by atoms with Gasteiger partial charge in [-0.05, 0) is 33.1 Å². The fourth-order valence-corrected chi connectivity index (χ4v) is 2.03. The molecule has 1 fully saturated rings. The van der Waals surface area contributed by atoms with Crippen molar-refractivity contribution >= 4 is 11.9 Å². The summed E-state index contributed by atoms with van der Waals surface area (Å²) in [5, 5.41) is 8.79. The summed E-state index contributed by atoms with van der Waals surface area (Å²) < 4.78 is 0. The van der Waals surface area contributed by atoms with Crippen molar-refractivity contribution in [3.63, 3.8) is 0 Å². The van der Waals surface area contributed by atoms with Crippen LogP contribution >= 0.6 is 0 Å². The lowest BCUT2D eigenvalue weighted by Gasteiger charge is -2.34. The standard InChI is InChI=1S/C12H19NO3/c1-9(2)7-11(14)13-6-4-3-5-10(13)8-12(15)16/h7,10H,3-6,8H2,1-2H3,(H,15,16). The smallest absolute Gasteiger partial charge is 0.305 e. The number of carboxylic acid groups (broad SMARTS) is 1. The second-order valence-corrected chi connectivity index (χ2v) is 4.50. The van der Waals surface area contributed by atoms with Crippen LogP contribution in [-0.4, -0.2) is 34.5 Å². The summed E-state index contributed by atoms with van der Waals surface area (Å²) in [5.41, 5.74) is 0.949. The van der Waals surface area contributed by atoms with Gasteiger partial charge < -0.3 is 10.0 Å². The van der Waals surface area contributed by atoms with Crippen molar-refractivity contribution in [2.24, 2.45) is 0 Å². The van der Waals surface area contributed by atoms with Gasteiger partial charge in [-0.25, -0.2) is 0 Å². The Hall–Kier alpha value is -1.32. The van der Waals surface area contributed by atoms with Crippen LogP contribution < -0.4 is 0 Å². The quantitative estimate of drug-likeness (QED) is 0.745. The SMILES string of the molecule is CC(C)=CC(=O)N1CCCCC1CC(=O)O. The molecule has 4 heteroatoms. The number of carbonyl (C=O) groups is 2. The summed E-state index contributed by atoms with van der Waals surface area (Å²) in [6, 6.07) is -0.130. The van der Waals surface area contributed by atoms with E-state index in [1.165, 1.54) is 0 Å². The molecule has 90 valence electrons. The lowest BCUT2D eigenvalue weighted by Crippen LogP contribution is -2.44. The van der Waals surface area contributed by atoms with E-state index in [-0.39, 0.29) is 18.4 Å². The lowest BCUT2D eigenvalue weighted by molar-refractivity contribution is -0.140. The molecule has 0 aliphatic carbocycles. The predicted octanol–water partition coefficient (Wildman–Crippen LogP) is 1.81. The Labute approximate surface area is 95.9 Å². The number of carbonyl (C=O) groups excluding carboxylic acids is 1. The summed E-state index contributed by atoms with van der Waals surface area (Å²) in [6.45, 7) is 4.42. The van der Waals surface area contributed by atoms with E-state index in [1.807, 2.05) is 13.8 Å². The molecular formula is C12H19NO3. The molecule has 1 rings (SSSR count). The van der Waals surface area contributed by atoms with Crippen LogP contribution in [0.15, 0.2) is 11.6 Å². The Bertz CT molecular complexity index is 305. The third-order valence-corrected chi connectivity index (χ3v) is 2.73. The molecule has 1 unspecified atom stereocenters. The highest BCUT2D eigenvalue weighted by molar-refractivity contribution is 5.88. The topological polar surface area (TPSA) is 57.6 Å². The maximum absolute atomic E-state index is 11.9. The number of nitrogens with zero attached hydrogens (tertiary/aromatic N) is 1. The number of aliphatic carboxylic acids is 1. The highest BCUT2D eigenvalue weighted by Crippen LogP contribution is 2.20. The first-order chi connectivity index (χ1) is 7.50. The van der Waals surface area contributed by atoms with E-state index in [4.69, 9.17) is 5.11 Å². The second kappa shape index (κ2) is 5.68. The third kappa shape index (κ3) is 3.68. The number of carboxylic acids is 1. The number of amides is 1. The van der Waals surface area contributed by atoms with Gasteiger partial charge in [0.1, 0.15) is 0 Å². The molecule has 1 atom stereocenters. The summed E-state index contributed by atoms with van der Waals surface area (Å²) in [7, 11) is 0. The van der Waals surface area contributed by atoms with Gasteiger partial charge in [0.25, 0.3) is 0 Å². The van der Waals surface area contributed by atoms with Gasteiger partial charge in [-0.1, -0.05) is 5.57 Å². The number of likely N-dealkylation sites (tertiary alicyclic amines) is 1. The average Bonchev–Trinajstić information content (AvgIpc) is 2.16. The molecular weight excluding hydrogens is 206 g/mol. The molecule has 1 N–H and O–H groups in total. The minimum absolute atomic E-state index is 0.0500. The van der Waals surface area contributed by atoms with E-state index in [0.717, 1.165) is 24.8 Å². The van der Waals surface area contributed by atoms with E-state index in [2.05, 4.69) is 0 Å². The van der Waals surface area contributed by atoms with Crippen LogP contribution in [0, 0.1) is 0 Å². The number of piperidine rings is 1. The number of hydrogen-bond donors (Lipinski definition) is 1. The number of hydrogen-bond acceptors (Lipinski definition) is 2. The van der Waals surface area contributed by atoms with Crippen molar-refractivity contribution < 1.29 is 14.7 Å². The Morgan fingerprint density at radius 2 is 2.06 bits per heavy atom. The van der Waals surface area contributed by atoms with Crippen LogP contribution in [0.2, 0.25) is 0 Å². The molecule has 0 bridgehead atoms. The van der Waals surface area contributed by atoms with Crippen LogP contribution in [-0.2, 0) is 9.59 Å². The molecule has 0 radical (unpaired) electrons. The third-order valence-electron chi connectivity index (χ3n) is 2.73. The lowest BCUT2D eigenvalue weighted by atomic mass is 9.99. The van der Waals surface area contributed by atoms with Crippen molar-refractivity contribution in [2.75, 3.05) is 6.54 Å². The fraction of sp³-hybridized carbons (Fsp3) is 0.667. The van der Waals surface area contributed by atoms with Gasteiger partial charge in [-0.15, -0.1) is 0 Å². The molecule has 16 heavy (non-hydrogen) atoms. The molecule has 4 nitrogen and oxygen atoms in total. The maximum atomic E-state index is 11.9. The summed E-state index contributed by atoms with van der Waals surface area (Å²) in [4.78, 5) is 24.3. The Kier molecular flexibility index (Phi) is 4.52. The van der Waals surface area contributed by atoms with Crippen LogP contribution in [0.3, 0.4) is 0 Å². The number of allylic oxidation sites excluding steroid dienone is 1. The van der Waals surface area contributed by atoms with Crippen LogP contribution in [0.5, 0.6) is 0 Å². The van der Waals surface area contributed by atoms with Gasteiger partial charge >= 0.3 is 5.97 Å². The molecule has 0 aromatic carbocycles. The molecule has 1 amide bonds. The van der Waals surface area contributed by atoms with E-state index in [0.29, 0.717) is 6.54 Å². The molecule has 1 heterocycles. The van der Waals surface area contributed by atoms with Gasteiger partial charge in [-0.3, -0.25) is 9.59 Å². The van der Waals surface area contributed by atoms with Crippen molar-refractivity contribution in [3.8, 4) is 0 Å². The van der Waals surface area contributed by atoms with Gasteiger partial charge in [0, 0.05) is 18.7 Å². The van der Waals surface area contributed by atoms with Crippen molar-refractivity contribution in [1.29, 1.82) is 0 Å². The molecule has 0 aromatic rings. The second-order valence-electron chi connectivity index (χ2n) is 4.50. The van der Waals surface area contributed by atoms with Crippen molar-refractivity contribution in [1.82, 2.24) is 4.90 Å². The largest absolute Gasteiger partial charge is 0.481 e. The minimum atomic E-state index is -0.832. The zero-order chi connectivity index (χ0) is 12.1. The first kappa shape index (κ1) is 12.7. The van der Waals surface area contributed by atoms with Gasteiger partial charge in [0.05, 0.1) is 6.42 Å². The van der Waals surface area contributed by atoms with Crippen LogP contribution in [0.1, 0.15) is 39.5 Å². The van der Waals surface area contributed by atoms with Gasteiger partial charge in [-0.2, -0.15) is 0 Å². The fourth-order valence-electron chi connectivity index (χ4n) is 2.03. The van der Waals surface area contributed by atoms with E-state index in [9.17, 15) is 9.59 Å². The number of rotatable bonds is 3. The molecule has 1 aliphatic heterocycles. The molecule has 0 saturated carbocycles. The molecule has 1 aliphatic rings.